The van der Waals surface area contributed by atoms with Gasteiger partial charge >= 0.3 is 0 Å². The number of hydrogen-bond donors (Lipinski definition) is 1. The van der Waals surface area contributed by atoms with Crippen LogP contribution in [0, 0.1) is 6.92 Å². The first-order chi connectivity index (χ1) is 9.31. The highest BCUT2D eigenvalue weighted by atomic mass is 16.5. The Morgan fingerprint density at radius 3 is 2.79 bits per heavy atom. The number of hydrogen-bond acceptors (Lipinski definition) is 3. The molecule has 19 heavy (non-hydrogen) atoms. The van der Waals surface area contributed by atoms with Crippen LogP contribution in [0.5, 0.6) is 5.75 Å². The summed E-state index contributed by atoms with van der Waals surface area (Å²) in [5.41, 5.74) is 4.43. The van der Waals surface area contributed by atoms with Crippen molar-refractivity contribution in [1.82, 2.24) is 10.2 Å². The highest BCUT2D eigenvalue weighted by Gasteiger charge is 2.29. The van der Waals surface area contributed by atoms with E-state index in [0.717, 1.165) is 18.8 Å². The molecule has 3 rings (SSSR count). The van der Waals surface area contributed by atoms with Gasteiger partial charge in [-0.15, -0.1) is 0 Å². The Bertz CT molecular complexity index is 452. The number of rotatable bonds is 2. The Kier molecular flexibility index (Phi) is 3.76. The summed E-state index contributed by atoms with van der Waals surface area (Å²) in [6, 6.07) is 4.95. The zero-order chi connectivity index (χ0) is 13.2. The molecule has 104 valence electrons. The van der Waals surface area contributed by atoms with Crippen LogP contribution in [0.4, 0.5) is 0 Å². The Morgan fingerprint density at radius 1 is 1.26 bits per heavy atom. The van der Waals surface area contributed by atoms with Crippen LogP contribution in [0.25, 0.3) is 0 Å². The number of fused-ring (bicyclic) bond motifs is 1. The van der Waals surface area contributed by atoms with Gasteiger partial charge in [0.25, 0.3) is 0 Å². The van der Waals surface area contributed by atoms with Crippen molar-refractivity contribution in [1.29, 1.82) is 0 Å². The summed E-state index contributed by atoms with van der Waals surface area (Å²) in [6.45, 7) is 6.82. The number of nitrogens with one attached hydrogen (secondary N) is 1. The Labute approximate surface area is 115 Å². The third kappa shape index (κ3) is 2.37. The van der Waals surface area contributed by atoms with Crippen molar-refractivity contribution in [2.45, 2.75) is 32.2 Å². The second-order valence-corrected chi connectivity index (χ2v) is 5.67. The van der Waals surface area contributed by atoms with Gasteiger partial charge in [-0.25, -0.2) is 0 Å². The summed E-state index contributed by atoms with van der Waals surface area (Å²) >= 11 is 0. The minimum absolute atomic E-state index is 0.598. The standard InChI is InChI=1S/C16H24N2O/c1-12-6-7-15(19-2)13-4-3-5-14(16(12)13)18-10-8-17-9-11-18/h6-7,14,17H,3-5,8-11H2,1-2H3. The zero-order valence-corrected chi connectivity index (χ0v) is 12.0. The molecule has 1 saturated heterocycles. The van der Waals surface area contributed by atoms with Gasteiger partial charge in [0.1, 0.15) is 5.75 Å². The molecule has 0 aromatic heterocycles. The smallest absolute Gasteiger partial charge is 0.122 e. The molecule has 3 nitrogen and oxygen atoms in total. The van der Waals surface area contributed by atoms with Gasteiger partial charge in [0.15, 0.2) is 0 Å². The molecule has 1 fully saturated rings. The van der Waals surface area contributed by atoms with Crippen LogP contribution in [0.15, 0.2) is 12.1 Å². The summed E-state index contributed by atoms with van der Waals surface area (Å²) in [5.74, 6) is 1.08. The molecule has 1 aromatic rings. The van der Waals surface area contributed by atoms with E-state index in [2.05, 4.69) is 29.3 Å². The van der Waals surface area contributed by atoms with Gasteiger partial charge in [-0.3, -0.25) is 4.90 Å². The highest BCUT2D eigenvalue weighted by Crippen LogP contribution is 2.40. The Hall–Kier alpha value is -1.06. The van der Waals surface area contributed by atoms with Crippen LogP contribution in [0.2, 0.25) is 0 Å². The maximum Gasteiger partial charge on any atom is 0.122 e. The van der Waals surface area contributed by atoms with Crippen molar-refractivity contribution >= 4 is 0 Å². The first-order valence-corrected chi connectivity index (χ1v) is 7.42. The first kappa shape index (κ1) is 12.9. The largest absolute Gasteiger partial charge is 0.496 e. The Balaban J connectivity index is 1.98. The van der Waals surface area contributed by atoms with Gasteiger partial charge in [-0.2, -0.15) is 0 Å². The zero-order valence-electron chi connectivity index (χ0n) is 12.0. The summed E-state index contributed by atoms with van der Waals surface area (Å²) in [7, 11) is 1.79. The fraction of sp³-hybridized carbons (Fsp3) is 0.625. The quantitative estimate of drug-likeness (QED) is 0.883. The maximum atomic E-state index is 5.57. The molecule has 0 saturated carbocycles. The number of aryl methyl sites for hydroxylation is 1. The number of ether oxygens (including phenoxy) is 1. The highest BCUT2D eigenvalue weighted by molar-refractivity contribution is 5.47. The maximum absolute atomic E-state index is 5.57. The summed E-state index contributed by atoms with van der Waals surface area (Å²) < 4.78 is 5.57. The average molecular weight is 260 g/mol. The lowest BCUT2D eigenvalue weighted by Gasteiger charge is -2.39. The van der Waals surface area contributed by atoms with Crippen molar-refractivity contribution in [2.75, 3.05) is 33.3 Å². The van der Waals surface area contributed by atoms with E-state index >= 15 is 0 Å². The number of methoxy groups -OCH3 is 1. The van der Waals surface area contributed by atoms with Crippen LogP contribution in [-0.4, -0.2) is 38.2 Å². The molecule has 0 amide bonds. The molecule has 1 heterocycles. The van der Waals surface area contributed by atoms with E-state index in [1.807, 2.05) is 0 Å². The number of piperazine rings is 1. The van der Waals surface area contributed by atoms with Crippen molar-refractivity contribution in [3.8, 4) is 5.75 Å². The van der Waals surface area contributed by atoms with E-state index in [9.17, 15) is 0 Å². The third-order valence-electron chi connectivity index (χ3n) is 4.58. The second-order valence-electron chi connectivity index (χ2n) is 5.67. The van der Waals surface area contributed by atoms with Crippen molar-refractivity contribution in [3.63, 3.8) is 0 Å². The van der Waals surface area contributed by atoms with Gasteiger partial charge in [-0.1, -0.05) is 6.07 Å². The number of benzene rings is 1. The third-order valence-corrected chi connectivity index (χ3v) is 4.58. The average Bonchev–Trinajstić information content (AvgIpc) is 2.48. The lowest BCUT2D eigenvalue weighted by molar-refractivity contribution is 0.157. The normalized spacial score (nSPS) is 24.0. The van der Waals surface area contributed by atoms with Crippen LogP contribution in [0.1, 0.15) is 35.6 Å². The molecule has 0 bridgehead atoms. The van der Waals surface area contributed by atoms with Gasteiger partial charge in [-0.05, 0) is 48.9 Å². The lowest BCUT2D eigenvalue weighted by Crippen LogP contribution is -2.46. The molecular formula is C16H24N2O. The monoisotopic (exact) mass is 260 g/mol. The van der Waals surface area contributed by atoms with E-state index in [4.69, 9.17) is 4.74 Å². The minimum atomic E-state index is 0.598. The molecule has 0 spiro atoms. The molecule has 1 aromatic carbocycles. The summed E-state index contributed by atoms with van der Waals surface area (Å²) in [6.07, 6.45) is 3.74. The van der Waals surface area contributed by atoms with E-state index in [1.165, 1.54) is 43.5 Å². The van der Waals surface area contributed by atoms with Gasteiger partial charge in [0.2, 0.25) is 0 Å². The molecule has 1 unspecified atom stereocenters. The fourth-order valence-corrected chi connectivity index (χ4v) is 3.65. The predicted molar refractivity (Wildman–Crippen MR) is 77.9 cm³/mol. The van der Waals surface area contributed by atoms with Gasteiger partial charge in [0.05, 0.1) is 7.11 Å². The molecule has 1 N–H and O–H groups in total. The van der Waals surface area contributed by atoms with Crippen LogP contribution in [0.3, 0.4) is 0 Å². The number of nitrogens with zero attached hydrogens (tertiary/aromatic N) is 1. The van der Waals surface area contributed by atoms with Crippen LogP contribution < -0.4 is 10.1 Å². The molecule has 2 aliphatic rings. The molecule has 0 radical (unpaired) electrons. The first-order valence-electron chi connectivity index (χ1n) is 7.42. The topological polar surface area (TPSA) is 24.5 Å². The fourth-order valence-electron chi connectivity index (χ4n) is 3.65. The van der Waals surface area contributed by atoms with E-state index in [1.54, 1.807) is 12.7 Å². The Morgan fingerprint density at radius 2 is 2.05 bits per heavy atom. The van der Waals surface area contributed by atoms with Crippen LogP contribution in [-0.2, 0) is 6.42 Å². The lowest BCUT2D eigenvalue weighted by atomic mass is 9.83. The van der Waals surface area contributed by atoms with Crippen LogP contribution >= 0.6 is 0 Å². The molecule has 1 atom stereocenters. The van der Waals surface area contributed by atoms with Gasteiger partial charge < -0.3 is 10.1 Å². The molecule has 1 aliphatic carbocycles. The second kappa shape index (κ2) is 5.51. The predicted octanol–water partition coefficient (Wildman–Crippen LogP) is 2.29. The van der Waals surface area contributed by atoms with Gasteiger partial charge in [0, 0.05) is 32.2 Å². The van der Waals surface area contributed by atoms with E-state index < -0.39 is 0 Å². The molecule has 1 aliphatic heterocycles. The molecule has 3 heteroatoms. The van der Waals surface area contributed by atoms with Crippen molar-refractivity contribution in [3.05, 3.63) is 28.8 Å². The minimum Gasteiger partial charge on any atom is -0.496 e. The summed E-state index contributed by atoms with van der Waals surface area (Å²) in [5, 5.41) is 3.45. The van der Waals surface area contributed by atoms with E-state index in [0.29, 0.717) is 6.04 Å². The summed E-state index contributed by atoms with van der Waals surface area (Å²) in [4.78, 5) is 2.65. The molecular weight excluding hydrogens is 236 g/mol. The van der Waals surface area contributed by atoms with E-state index in [-0.39, 0.29) is 0 Å². The van der Waals surface area contributed by atoms with Crippen molar-refractivity contribution < 1.29 is 4.74 Å². The van der Waals surface area contributed by atoms with Crippen molar-refractivity contribution in [2.24, 2.45) is 0 Å². The SMILES string of the molecule is COc1ccc(C)c2c1CCCC2N1CCNCC1.